The van der Waals surface area contributed by atoms with Crippen molar-refractivity contribution in [2.45, 2.75) is 38.9 Å². The van der Waals surface area contributed by atoms with Crippen molar-refractivity contribution in [3.05, 3.63) is 91.0 Å². The Kier molecular flexibility index (Phi) is 4.45. The fourth-order valence-corrected chi connectivity index (χ4v) is 4.93. The maximum atomic E-state index is 6.35. The Morgan fingerprint density at radius 3 is 1.91 bits per heavy atom. The van der Waals surface area contributed by atoms with Crippen LogP contribution in [0.1, 0.15) is 27.7 Å². The summed E-state index contributed by atoms with van der Waals surface area (Å²) < 4.78 is 12.7. The summed E-state index contributed by atoms with van der Waals surface area (Å²) in [6, 6.07) is 32.8. The largest absolute Gasteiger partial charge is 0.494 e. The van der Waals surface area contributed by atoms with E-state index in [1.165, 1.54) is 43.4 Å². The molecule has 0 aliphatic carbocycles. The molecule has 0 spiro atoms. The van der Waals surface area contributed by atoms with Crippen molar-refractivity contribution in [3.8, 4) is 11.1 Å². The monoisotopic (exact) mass is 430 g/mol. The van der Waals surface area contributed by atoms with Gasteiger partial charge in [-0.05, 0) is 82.7 Å². The molecule has 0 radical (unpaired) electrons. The van der Waals surface area contributed by atoms with E-state index in [4.69, 9.17) is 9.31 Å². The molecular formula is C30H27BO2. The average Bonchev–Trinajstić information content (AvgIpc) is 3.04. The van der Waals surface area contributed by atoms with Gasteiger partial charge in [0.1, 0.15) is 0 Å². The minimum atomic E-state index is -0.374. The van der Waals surface area contributed by atoms with Crippen LogP contribution in [0.25, 0.3) is 43.4 Å². The van der Waals surface area contributed by atoms with E-state index in [9.17, 15) is 0 Å². The third-order valence-electron chi connectivity index (χ3n) is 7.49. The van der Waals surface area contributed by atoms with Gasteiger partial charge in [0, 0.05) is 0 Å². The van der Waals surface area contributed by atoms with Gasteiger partial charge in [0.05, 0.1) is 11.2 Å². The number of rotatable bonds is 2. The first kappa shape index (κ1) is 20.5. The van der Waals surface area contributed by atoms with E-state index in [0.29, 0.717) is 0 Å². The molecule has 1 aliphatic heterocycles. The van der Waals surface area contributed by atoms with Crippen LogP contribution in [-0.2, 0) is 9.31 Å². The van der Waals surface area contributed by atoms with Crippen LogP contribution in [0.5, 0.6) is 0 Å². The summed E-state index contributed by atoms with van der Waals surface area (Å²) in [7, 11) is -0.374. The highest BCUT2D eigenvalue weighted by molar-refractivity contribution is 6.62. The molecule has 1 aliphatic rings. The zero-order chi connectivity index (χ0) is 22.8. The molecule has 1 heterocycles. The highest BCUT2D eigenvalue weighted by Crippen LogP contribution is 2.39. The molecule has 0 saturated carbocycles. The molecule has 3 heteroatoms. The van der Waals surface area contributed by atoms with Gasteiger partial charge < -0.3 is 9.31 Å². The van der Waals surface area contributed by atoms with Crippen LogP contribution in [0.2, 0.25) is 0 Å². The molecule has 5 aromatic rings. The van der Waals surface area contributed by atoms with Crippen LogP contribution in [-0.4, -0.2) is 18.3 Å². The first-order valence-corrected chi connectivity index (χ1v) is 11.6. The summed E-state index contributed by atoms with van der Waals surface area (Å²) in [6.07, 6.45) is 0. The van der Waals surface area contributed by atoms with Crippen LogP contribution in [0, 0.1) is 0 Å². The minimum absolute atomic E-state index is 0.360. The Morgan fingerprint density at radius 2 is 1.15 bits per heavy atom. The quantitative estimate of drug-likeness (QED) is 0.219. The molecular weight excluding hydrogens is 403 g/mol. The Bertz CT molecular complexity index is 1520. The SMILES string of the molecule is CC1(C)OB(c2ccc3cccc(-c4cc5ccccc5c5ccccc45)c3c2)OC1(C)C. The van der Waals surface area contributed by atoms with Gasteiger partial charge in [0.25, 0.3) is 0 Å². The molecule has 1 fully saturated rings. The normalized spacial score (nSPS) is 17.3. The van der Waals surface area contributed by atoms with Crippen molar-refractivity contribution >= 4 is 44.9 Å². The van der Waals surface area contributed by atoms with Crippen LogP contribution in [0.15, 0.2) is 91.0 Å². The van der Waals surface area contributed by atoms with Gasteiger partial charge in [0.2, 0.25) is 0 Å². The number of fused-ring (bicyclic) bond motifs is 4. The van der Waals surface area contributed by atoms with Crippen LogP contribution in [0.4, 0.5) is 0 Å². The lowest BCUT2D eigenvalue weighted by Gasteiger charge is -2.32. The molecule has 5 aromatic carbocycles. The van der Waals surface area contributed by atoms with Crippen molar-refractivity contribution in [1.29, 1.82) is 0 Å². The highest BCUT2D eigenvalue weighted by atomic mass is 16.7. The van der Waals surface area contributed by atoms with E-state index >= 15 is 0 Å². The molecule has 1 saturated heterocycles. The van der Waals surface area contributed by atoms with Gasteiger partial charge in [-0.2, -0.15) is 0 Å². The van der Waals surface area contributed by atoms with Gasteiger partial charge in [-0.15, -0.1) is 0 Å². The molecule has 0 N–H and O–H groups in total. The summed E-state index contributed by atoms with van der Waals surface area (Å²) in [5, 5.41) is 7.52. The van der Waals surface area contributed by atoms with Gasteiger partial charge in [-0.3, -0.25) is 0 Å². The molecule has 0 aromatic heterocycles. The predicted octanol–water partition coefficient (Wildman–Crippen LogP) is 7.11. The average molecular weight is 430 g/mol. The lowest BCUT2D eigenvalue weighted by molar-refractivity contribution is 0.00578. The van der Waals surface area contributed by atoms with E-state index in [-0.39, 0.29) is 18.3 Å². The van der Waals surface area contributed by atoms with Crippen LogP contribution >= 0.6 is 0 Å². The molecule has 6 rings (SSSR count). The smallest absolute Gasteiger partial charge is 0.399 e. The van der Waals surface area contributed by atoms with Crippen molar-refractivity contribution in [3.63, 3.8) is 0 Å². The van der Waals surface area contributed by atoms with E-state index in [2.05, 4.69) is 119 Å². The second-order valence-electron chi connectivity index (χ2n) is 10.1. The van der Waals surface area contributed by atoms with E-state index in [1.807, 2.05) is 0 Å². The third kappa shape index (κ3) is 3.19. The topological polar surface area (TPSA) is 18.5 Å². The Hall–Kier alpha value is -3.14. The van der Waals surface area contributed by atoms with E-state index < -0.39 is 0 Å². The highest BCUT2D eigenvalue weighted by Gasteiger charge is 2.51. The molecule has 33 heavy (non-hydrogen) atoms. The predicted molar refractivity (Wildman–Crippen MR) is 140 cm³/mol. The number of hydrogen-bond acceptors (Lipinski definition) is 2. The zero-order valence-corrected chi connectivity index (χ0v) is 19.6. The molecule has 0 atom stereocenters. The lowest BCUT2D eigenvalue weighted by Crippen LogP contribution is -2.41. The summed E-state index contributed by atoms with van der Waals surface area (Å²) >= 11 is 0. The Labute approximate surface area is 195 Å². The van der Waals surface area contributed by atoms with Crippen molar-refractivity contribution in [2.75, 3.05) is 0 Å². The standard InChI is InChI=1S/C30H27BO2/c1-29(2)30(3,4)33-31(32-29)22-17-16-20-11-9-15-26(27(20)19-22)28-18-21-10-5-6-12-23(21)24-13-7-8-14-25(24)28/h5-19H,1-4H3. The fourth-order valence-electron chi connectivity index (χ4n) is 4.93. The third-order valence-corrected chi connectivity index (χ3v) is 7.49. The second kappa shape index (κ2) is 7.18. The minimum Gasteiger partial charge on any atom is -0.399 e. The number of hydrogen-bond donors (Lipinski definition) is 0. The zero-order valence-electron chi connectivity index (χ0n) is 19.6. The van der Waals surface area contributed by atoms with Crippen molar-refractivity contribution < 1.29 is 9.31 Å². The Morgan fingerprint density at radius 1 is 0.515 bits per heavy atom. The fraction of sp³-hybridized carbons (Fsp3) is 0.200. The first-order chi connectivity index (χ1) is 15.8. The van der Waals surface area contributed by atoms with Gasteiger partial charge in [-0.25, -0.2) is 0 Å². The van der Waals surface area contributed by atoms with E-state index in [0.717, 1.165) is 5.46 Å². The first-order valence-electron chi connectivity index (χ1n) is 11.6. The summed E-state index contributed by atoms with van der Waals surface area (Å²) in [5.41, 5.74) is 2.81. The lowest BCUT2D eigenvalue weighted by atomic mass is 9.77. The molecule has 162 valence electrons. The summed E-state index contributed by atoms with van der Waals surface area (Å²) in [4.78, 5) is 0. The molecule has 0 bridgehead atoms. The second-order valence-corrected chi connectivity index (χ2v) is 10.1. The van der Waals surface area contributed by atoms with Gasteiger partial charge in [-0.1, -0.05) is 84.9 Å². The summed E-state index contributed by atoms with van der Waals surface area (Å²) in [5.74, 6) is 0. The molecule has 0 amide bonds. The van der Waals surface area contributed by atoms with Crippen LogP contribution in [0.3, 0.4) is 0 Å². The maximum Gasteiger partial charge on any atom is 0.494 e. The number of benzene rings is 5. The molecule has 0 unspecified atom stereocenters. The maximum absolute atomic E-state index is 6.35. The van der Waals surface area contributed by atoms with Gasteiger partial charge >= 0.3 is 7.12 Å². The molecule has 2 nitrogen and oxygen atoms in total. The van der Waals surface area contributed by atoms with Gasteiger partial charge in [0.15, 0.2) is 0 Å². The summed E-state index contributed by atoms with van der Waals surface area (Å²) in [6.45, 7) is 8.39. The van der Waals surface area contributed by atoms with E-state index in [1.54, 1.807) is 0 Å². The Balaban J connectivity index is 1.58. The van der Waals surface area contributed by atoms with Crippen LogP contribution < -0.4 is 5.46 Å². The van der Waals surface area contributed by atoms with Crippen molar-refractivity contribution in [2.24, 2.45) is 0 Å². The van der Waals surface area contributed by atoms with Crippen molar-refractivity contribution in [1.82, 2.24) is 0 Å².